The Hall–Kier alpha value is -1.36. The first-order chi connectivity index (χ1) is 10.8. The lowest BCUT2D eigenvalue weighted by Crippen LogP contribution is -2.40. The SMILES string of the molecule is CCNCC1CCN(C(=O)c2ccc3ncccc3c2)CC1.Cl.Cl. The van der Waals surface area contributed by atoms with Crippen molar-refractivity contribution in [2.45, 2.75) is 19.8 Å². The van der Waals surface area contributed by atoms with Crippen molar-refractivity contribution in [2.75, 3.05) is 26.2 Å². The number of halogens is 2. The Morgan fingerprint density at radius 1 is 1.25 bits per heavy atom. The van der Waals surface area contributed by atoms with Gasteiger partial charge in [-0.15, -0.1) is 24.8 Å². The molecule has 0 unspecified atom stereocenters. The van der Waals surface area contributed by atoms with Crippen LogP contribution in [0.5, 0.6) is 0 Å². The highest BCUT2D eigenvalue weighted by Crippen LogP contribution is 2.20. The van der Waals surface area contributed by atoms with Gasteiger partial charge in [0.2, 0.25) is 0 Å². The molecule has 6 heteroatoms. The number of aromatic nitrogens is 1. The van der Waals surface area contributed by atoms with E-state index in [0.29, 0.717) is 5.92 Å². The van der Waals surface area contributed by atoms with Gasteiger partial charge in [-0.2, -0.15) is 0 Å². The van der Waals surface area contributed by atoms with Crippen molar-refractivity contribution < 1.29 is 4.79 Å². The molecular formula is C18H25Cl2N3O. The van der Waals surface area contributed by atoms with E-state index in [1.807, 2.05) is 35.2 Å². The van der Waals surface area contributed by atoms with Gasteiger partial charge in [-0.25, -0.2) is 0 Å². The van der Waals surface area contributed by atoms with Crippen LogP contribution in [-0.2, 0) is 0 Å². The van der Waals surface area contributed by atoms with Gasteiger partial charge in [0.1, 0.15) is 0 Å². The number of nitrogens with zero attached hydrogens (tertiary/aromatic N) is 2. The van der Waals surface area contributed by atoms with Crippen molar-refractivity contribution in [1.82, 2.24) is 15.2 Å². The second-order valence-electron chi connectivity index (χ2n) is 5.95. The van der Waals surface area contributed by atoms with Gasteiger partial charge in [0.15, 0.2) is 0 Å². The summed E-state index contributed by atoms with van der Waals surface area (Å²) >= 11 is 0. The Morgan fingerprint density at radius 2 is 2.00 bits per heavy atom. The minimum atomic E-state index is 0. The fraction of sp³-hybridized carbons (Fsp3) is 0.444. The van der Waals surface area contributed by atoms with E-state index in [-0.39, 0.29) is 30.7 Å². The first kappa shape index (κ1) is 20.7. The van der Waals surface area contributed by atoms with Crippen molar-refractivity contribution in [3.05, 3.63) is 42.1 Å². The minimum absolute atomic E-state index is 0. The van der Waals surface area contributed by atoms with Crippen LogP contribution in [0.4, 0.5) is 0 Å². The van der Waals surface area contributed by atoms with Crippen molar-refractivity contribution in [3.63, 3.8) is 0 Å². The Labute approximate surface area is 155 Å². The average molecular weight is 370 g/mol. The highest BCUT2D eigenvalue weighted by Gasteiger charge is 2.23. The van der Waals surface area contributed by atoms with E-state index in [1.54, 1.807) is 6.20 Å². The largest absolute Gasteiger partial charge is 0.339 e. The molecule has 1 aromatic carbocycles. The van der Waals surface area contributed by atoms with E-state index in [4.69, 9.17) is 0 Å². The molecule has 0 atom stereocenters. The van der Waals surface area contributed by atoms with E-state index >= 15 is 0 Å². The fourth-order valence-electron chi connectivity index (χ4n) is 3.08. The molecule has 4 nitrogen and oxygen atoms in total. The van der Waals surface area contributed by atoms with Crippen LogP contribution in [0.2, 0.25) is 0 Å². The molecule has 1 aromatic heterocycles. The molecular weight excluding hydrogens is 345 g/mol. The summed E-state index contributed by atoms with van der Waals surface area (Å²) in [5.74, 6) is 0.845. The van der Waals surface area contributed by atoms with Crippen LogP contribution in [0.25, 0.3) is 10.9 Å². The van der Waals surface area contributed by atoms with Gasteiger partial charge in [0, 0.05) is 30.2 Å². The molecule has 0 spiro atoms. The number of benzene rings is 1. The van der Waals surface area contributed by atoms with Gasteiger partial charge in [-0.1, -0.05) is 13.0 Å². The summed E-state index contributed by atoms with van der Waals surface area (Å²) in [6, 6.07) is 9.68. The summed E-state index contributed by atoms with van der Waals surface area (Å²) in [6.07, 6.45) is 3.96. The number of likely N-dealkylation sites (tertiary alicyclic amines) is 1. The number of hydrogen-bond acceptors (Lipinski definition) is 3. The Kier molecular flexibility index (Phi) is 8.46. The molecule has 2 heterocycles. The van der Waals surface area contributed by atoms with Crippen LogP contribution >= 0.6 is 24.8 Å². The summed E-state index contributed by atoms with van der Waals surface area (Å²) in [6.45, 7) is 5.94. The number of fused-ring (bicyclic) bond motifs is 1. The quantitative estimate of drug-likeness (QED) is 0.896. The number of pyridine rings is 1. The van der Waals surface area contributed by atoms with Gasteiger partial charge < -0.3 is 10.2 Å². The summed E-state index contributed by atoms with van der Waals surface area (Å²) in [7, 11) is 0. The molecule has 1 N–H and O–H groups in total. The Morgan fingerprint density at radius 3 is 2.71 bits per heavy atom. The van der Waals surface area contributed by atoms with Crippen LogP contribution < -0.4 is 5.32 Å². The molecule has 1 amide bonds. The maximum absolute atomic E-state index is 12.7. The monoisotopic (exact) mass is 369 g/mol. The summed E-state index contributed by atoms with van der Waals surface area (Å²) in [4.78, 5) is 18.9. The van der Waals surface area contributed by atoms with E-state index < -0.39 is 0 Å². The predicted octanol–water partition coefficient (Wildman–Crippen LogP) is 3.54. The standard InChI is InChI=1S/C18H23N3O.2ClH/c1-2-19-13-14-7-10-21(11-8-14)18(22)16-5-6-17-15(12-16)4-3-9-20-17;;/h3-6,9,12,14,19H,2,7-8,10-11,13H2,1H3;2*1H. The molecule has 24 heavy (non-hydrogen) atoms. The molecule has 0 saturated carbocycles. The van der Waals surface area contributed by atoms with Gasteiger partial charge in [-0.05, 0) is 56.1 Å². The highest BCUT2D eigenvalue weighted by molar-refractivity contribution is 5.98. The maximum Gasteiger partial charge on any atom is 0.253 e. The number of nitrogens with one attached hydrogen (secondary N) is 1. The van der Waals surface area contributed by atoms with E-state index in [2.05, 4.69) is 17.2 Å². The molecule has 1 aliphatic heterocycles. The molecule has 0 radical (unpaired) electrons. The van der Waals surface area contributed by atoms with Gasteiger partial charge in [0.05, 0.1) is 5.52 Å². The summed E-state index contributed by atoms with van der Waals surface area (Å²) < 4.78 is 0. The van der Waals surface area contributed by atoms with Gasteiger partial charge >= 0.3 is 0 Å². The lowest BCUT2D eigenvalue weighted by molar-refractivity contribution is 0.0690. The molecule has 1 saturated heterocycles. The second-order valence-corrected chi connectivity index (χ2v) is 5.95. The second kappa shape index (κ2) is 9.82. The molecule has 0 aliphatic carbocycles. The maximum atomic E-state index is 12.7. The normalized spacial score (nSPS) is 14.8. The number of carbonyl (C=O) groups excluding carboxylic acids is 1. The van der Waals surface area contributed by atoms with Crippen LogP contribution in [0.1, 0.15) is 30.1 Å². The molecule has 3 rings (SSSR count). The zero-order valence-electron chi connectivity index (χ0n) is 13.9. The number of piperidine rings is 1. The third-order valence-corrected chi connectivity index (χ3v) is 4.43. The zero-order valence-corrected chi connectivity index (χ0v) is 15.5. The highest BCUT2D eigenvalue weighted by atomic mass is 35.5. The average Bonchev–Trinajstić information content (AvgIpc) is 2.59. The van der Waals surface area contributed by atoms with Crippen molar-refractivity contribution in [3.8, 4) is 0 Å². The summed E-state index contributed by atoms with van der Waals surface area (Å²) in [5, 5.41) is 4.43. The van der Waals surface area contributed by atoms with Crippen molar-refractivity contribution in [1.29, 1.82) is 0 Å². The molecule has 1 aliphatic rings. The van der Waals surface area contributed by atoms with Crippen molar-refractivity contribution in [2.24, 2.45) is 5.92 Å². The lowest BCUT2D eigenvalue weighted by atomic mass is 9.96. The topological polar surface area (TPSA) is 45.2 Å². The van der Waals surface area contributed by atoms with Crippen LogP contribution in [0, 0.1) is 5.92 Å². The third-order valence-electron chi connectivity index (χ3n) is 4.43. The van der Waals surface area contributed by atoms with Gasteiger partial charge in [0.25, 0.3) is 5.91 Å². The predicted molar refractivity (Wildman–Crippen MR) is 103 cm³/mol. The fourth-order valence-corrected chi connectivity index (χ4v) is 3.08. The molecule has 132 valence electrons. The smallest absolute Gasteiger partial charge is 0.253 e. The third kappa shape index (κ3) is 4.82. The molecule has 2 aromatic rings. The molecule has 0 bridgehead atoms. The van der Waals surface area contributed by atoms with Crippen LogP contribution in [0.15, 0.2) is 36.5 Å². The van der Waals surface area contributed by atoms with E-state index in [1.165, 1.54) is 0 Å². The van der Waals surface area contributed by atoms with Gasteiger partial charge in [-0.3, -0.25) is 9.78 Å². The first-order valence-corrected chi connectivity index (χ1v) is 8.12. The van der Waals surface area contributed by atoms with Crippen LogP contribution in [0.3, 0.4) is 0 Å². The molecule has 1 fully saturated rings. The number of rotatable bonds is 4. The number of hydrogen-bond donors (Lipinski definition) is 1. The van der Waals surface area contributed by atoms with Crippen LogP contribution in [-0.4, -0.2) is 42.0 Å². The zero-order chi connectivity index (χ0) is 15.4. The summed E-state index contributed by atoms with van der Waals surface area (Å²) in [5.41, 5.74) is 1.70. The van der Waals surface area contributed by atoms with E-state index in [0.717, 1.165) is 55.5 Å². The lowest BCUT2D eigenvalue weighted by Gasteiger charge is -2.32. The first-order valence-electron chi connectivity index (χ1n) is 8.12. The van der Waals surface area contributed by atoms with Crippen molar-refractivity contribution >= 4 is 41.6 Å². The Balaban J connectivity index is 0.00000144. The minimum Gasteiger partial charge on any atom is -0.339 e. The number of carbonyl (C=O) groups is 1. The van der Waals surface area contributed by atoms with E-state index in [9.17, 15) is 4.79 Å². The number of amides is 1. The Bertz CT molecular complexity index is 658.